The zero-order valence-electron chi connectivity index (χ0n) is 18.0. The van der Waals surface area contributed by atoms with Crippen molar-refractivity contribution in [3.05, 3.63) is 91.9 Å². The Balaban J connectivity index is 1.50. The van der Waals surface area contributed by atoms with Gasteiger partial charge in [-0.25, -0.2) is 0 Å². The molecule has 0 saturated heterocycles. The van der Waals surface area contributed by atoms with E-state index in [2.05, 4.69) is 10.6 Å². The number of alkyl halides is 2. The first-order valence-corrected chi connectivity index (χ1v) is 12.2. The summed E-state index contributed by atoms with van der Waals surface area (Å²) in [5.74, 6) is -1.99. The molecule has 0 heterocycles. The molecular formula is C25H16Cl5N3O2. The normalized spacial score (nSPS) is 17.9. The van der Waals surface area contributed by atoms with E-state index in [1.165, 1.54) is 6.07 Å². The Hall–Kier alpha value is -2.46. The molecule has 1 aliphatic rings. The van der Waals surface area contributed by atoms with Crippen LogP contribution in [0.15, 0.2) is 54.6 Å². The van der Waals surface area contributed by atoms with Crippen molar-refractivity contribution in [2.24, 2.45) is 5.92 Å². The monoisotopic (exact) mass is 565 g/mol. The molecule has 5 nitrogen and oxygen atoms in total. The molecule has 0 radical (unpaired) electrons. The maximum Gasteiger partial charge on any atom is 0.255 e. The van der Waals surface area contributed by atoms with Crippen LogP contribution in [0.2, 0.25) is 15.1 Å². The molecule has 1 saturated carbocycles. The minimum absolute atomic E-state index is 0.284. The minimum atomic E-state index is -1.31. The minimum Gasteiger partial charge on any atom is -0.326 e. The van der Waals surface area contributed by atoms with Crippen LogP contribution in [0.4, 0.5) is 11.4 Å². The molecule has 3 aromatic rings. The molecule has 1 fully saturated rings. The summed E-state index contributed by atoms with van der Waals surface area (Å²) in [6.07, 6.45) is 0. The van der Waals surface area contributed by atoms with Gasteiger partial charge in [0.1, 0.15) is 4.33 Å². The highest BCUT2D eigenvalue weighted by Crippen LogP contribution is 2.65. The first-order chi connectivity index (χ1) is 16.5. The van der Waals surface area contributed by atoms with Gasteiger partial charge in [-0.1, -0.05) is 40.9 Å². The third-order valence-corrected chi connectivity index (χ3v) is 7.73. The largest absolute Gasteiger partial charge is 0.326 e. The SMILES string of the molecule is Cc1cc(C#N)ccc1C(=O)Nc1cc(NC(=O)[C@H]2[C@H](c3ccc(Cl)c(Cl)c3)C2(Cl)Cl)ccc1Cl. The van der Waals surface area contributed by atoms with Crippen LogP contribution in [0.5, 0.6) is 0 Å². The van der Waals surface area contributed by atoms with E-state index in [-0.39, 0.29) is 5.02 Å². The van der Waals surface area contributed by atoms with Crippen LogP contribution in [0, 0.1) is 24.2 Å². The number of nitrogens with one attached hydrogen (secondary N) is 2. The van der Waals surface area contributed by atoms with Crippen molar-refractivity contribution in [3.63, 3.8) is 0 Å². The molecule has 0 unspecified atom stereocenters. The zero-order valence-corrected chi connectivity index (χ0v) is 21.8. The topological polar surface area (TPSA) is 82.0 Å². The maximum atomic E-state index is 13.0. The summed E-state index contributed by atoms with van der Waals surface area (Å²) in [4.78, 5) is 25.8. The number of hydrogen-bond acceptors (Lipinski definition) is 3. The molecule has 0 aliphatic heterocycles. The van der Waals surface area contributed by atoms with Crippen molar-refractivity contribution in [1.82, 2.24) is 0 Å². The van der Waals surface area contributed by atoms with Crippen molar-refractivity contribution in [3.8, 4) is 6.07 Å². The van der Waals surface area contributed by atoms with E-state index < -0.39 is 28.0 Å². The molecule has 2 N–H and O–H groups in total. The molecule has 1 aliphatic carbocycles. The lowest BCUT2D eigenvalue weighted by Gasteiger charge is -2.12. The van der Waals surface area contributed by atoms with Gasteiger partial charge in [-0.05, 0) is 66.6 Å². The van der Waals surface area contributed by atoms with Gasteiger partial charge < -0.3 is 10.6 Å². The molecule has 0 bridgehead atoms. The lowest BCUT2D eigenvalue weighted by molar-refractivity contribution is -0.117. The highest BCUT2D eigenvalue weighted by molar-refractivity contribution is 6.53. The molecule has 4 rings (SSSR count). The predicted molar refractivity (Wildman–Crippen MR) is 141 cm³/mol. The standard InChI is InChI=1S/C25H16Cl5N3O2/c1-12-8-13(11-31)2-5-16(12)23(34)33-20-10-15(4-7-18(20)27)32-24(35)22-21(25(22,29)30)14-3-6-17(26)19(28)9-14/h2-10,21-22H,1H3,(H,32,35)(H,33,34)/t21-,22+/m0/s1. The van der Waals surface area contributed by atoms with Gasteiger partial charge >= 0.3 is 0 Å². The van der Waals surface area contributed by atoms with Crippen LogP contribution >= 0.6 is 58.0 Å². The predicted octanol–water partition coefficient (Wildman–Crippen LogP) is 7.61. The van der Waals surface area contributed by atoms with Gasteiger partial charge in [0, 0.05) is 17.2 Å². The summed E-state index contributed by atoms with van der Waals surface area (Å²) in [7, 11) is 0. The Labute approximate surface area is 226 Å². The van der Waals surface area contributed by atoms with Crippen LogP contribution in [0.25, 0.3) is 0 Å². The van der Waals surface area contributed by atoms with Gasteiger partial charge in [-0.3, -0.25) is 9.59 Å². The molecule has 2 atom stereocenters. The lowest BCUT2D eigenvalue weighted by atomic mass is 10.0. The Kier molecular flexibility index (Phi) is 7.24. The molecule has 178 valence electrons. The van der Waals surface area contributed by atoms with Crippen molar-refractivity contribution >= 4 is 81.2 Å². The first-order valence-electron chi connectivity index (χ1n) is 10.3. The summed E-state index contributed by atoms with van der Waals surface area (Å²) in [5, 5.41) is 15.6. The molecule has 0 aromatic heterocycles. The van der Waals surface area contributed by atoms with E-state index in [1.54, 1.807) is 55.5 Å². The van der Waals surface area contributed by atoms with Gasteiger partial charge in [0.15, 0.2) is 0 Å². The summed E-state index contributed by atoms with van der Waals surface area (Å²) < 4.78 is -1.31. The molecule has 35 heavy (non-hydrogen) atoms. The first kappa shape index (κ1) is 25.6. The van der Waals surface area contributed by atoms with Crippen molar-refractivity contribution < 1.29 is 9.59 Å². The molecule has 3 aromatic carbocycles. The number of hydrogen-bond donors (Lipinski definition) is 2. The highest BCUT2D eigenvalue weighted by Gasteiger charge is 2.67. The Bertz CT molecular complexity index is 1400. The Morgan fingerprint density at radius 3 is 2.29 bits per heavy atom. The van der Waals surface area contributed by atoms with Gasteiger partial charge in [0.2, 0.25) is 5.91 Å². The average molecular weight is 568 g/mol. The number of amides is 2. The number of anilines is 2. The van der Waals surface area contributed by atoms with Crippen molar-refractivity contribution in [2.45, 2.75) is 17.2 Å². The van der Waals surface area contributed by atoms with Crippen LogP contribution in [-0.2, 0) is 4.79 Å². The Morgan fingerprint density at radius 2 is 1.63 bits per heavy atom. The van der Waals surface area contributed by atoms with E-state index >= 15 is 0 Å². The van der Waals surface area contributed by atoms with Gasteiger partial charge in [-0.2, -0.15) is 5.26 Å². The molecule has 10 heteroatoms. The fourth-order valence-electron chi connectivity index (χ4n) is 3.87. The molecule has 2 amide bonds. The van der Waals surface area contributed by atoms with E-state index in [0.29, 0.717) is 43.7 Å². The second-order valence-electron chi connectivity index (χ2n) is 8.08. The summed E-state index contributed by atoms with van der Waals surface area (Å²) in [6, 6.07) is 16.5. The fraction of sp³-hybridized carbons (Fsp3) is 0.160. The number of aryl methyl sites for hydroxylation is 1. The van der Waals surface area contributed by atoms with Gasteiger partial charge in [0.05, 0.1) is 38.3 Å². The van der Waals surface area contributed by atoms with Crippen molar-refractivity contribution in [2.75, 3.05) is 10.6 Å². The number of nitrogens with zero attached hydrogens (tertiary/aromatic N) is 1. The highest BCUT2D eigenvalue weighted by atomic mass is 35.5. The van der Waals surface area contributed by atoms with Crippen LogP contribution in [0.1, 0.15) is 33.0 Å². The fourth-order valence-corrected chi connectivity index (χ4v) is 5.17. The van der Waals surface area contributed by atoms with E-state index in [1.807, 2.05) is 6.07 Å². The lowest BCUT2D eigenvalue weighted by Crippen LogP contribution is -2.18. The van der Waals surface area contributed by atoms with E-state index in [0.717, 1.165) is 0 Å². The van der Waals surface area contributed by atoms with Crippen molar-refractivity contribution in [1.29, 1.82) is 5.26 Å². The number of halogens is 5. The molecule has 0 spiro atoms. The van der Waals surface area contributed by atoms with Gasteiger partial charge in [0.25, 0.3) is 5.91 Å². The third-order valence-electron chi connectivity index (χ3n) is 5.72. The van der Waals surface area contributed by atoms with Gasteiger partial charge in [-0.15, -0.1) is 23.2 Å². The second kappa shape index (κ2) is 9.89. The van der Waals surface area contributed by atoms with Crippen LogP contribution in [-0.4, -0.2) is 16.1 Å². The Morgan fingerprint density at radius 1 is 0.914 bits per heavy atom. The maximum absolute atomic E-state index is 13.0. The summed E-state index contributed by atoms with van der Waals surface area (Å²) >= 11 is 31.2. The third kappa shape index (κ3) is 5.23. The summed E-state index contributed by atoms with van der Waals surface area (Å²) in [5.41, 5.74) is 2.89. The molecular weight excluding hydrogens is 552 g/mol. The number of benzene rings is 3. The quantitative estimate of drug-likeness (QED) is 0.312. The smallest absolute Gasteiger partial charge is 0.255 e. The second-order valence-corrected chi connectivity index (χ2v) is 10.7. The number of nitriles is 1. The van der Waals surface area contributed by atoms with Crippen LogP contribution in [0.3, 0.4) is 0 Å². The number of carbonyl (C=O) groups excluding carboxylic acids is 2. The number of carbonyl (C=O) groups is 2. The summed E-state index contributed by atoms with van der Waals surface area (Å²) in [6.45, 7) is 1.73. The number of rotatable bonds is 5. The van der Waals surface area contributed by atoms with E-state index in [9.17, 15) is 9.59 Å². The zero-order chi connectivity index (χ0) is 25.5. The average Bonchev–Trinajstić information content (AvgIpc) is 3.39. The van der Waals surface area contributed by atoms with E-state index in [4.69, 9.17) is 63.3 Å². The van der Waals surface area contributed by atoms with Crippen LogP contribution < -0.4 is 10.6 Å².